The van der Waals surface area contributed by atoms with Gasteiger partial charge in [0.2, 0.25) is 11.8 Å². The van der Waals surface area contributed by atoms with Crippen molar-refractivity contribution < 1.29 is 9.59 Å². The molecule has 1 aliphatic rings. The number of amides is 2. The van der Waals surface area contributed by atoms with Crippen molar-refractivity contribution in [1.29, 1.82) is 0 Å². The Labute approximate surface area is 109 Å². The zero-order valence-electron chi connectivity index (χ0n) is 11.6. The first kappa shape index (κ1) is 15.0. The van der Waals surface area contributed by atoms with E-state index < -0.39 is 6.04 Å². The van der Waals surface area contributed by atoms with Crippen molar-refractivity contribution in [2.75, 3.05) is 6.54 Å². The normalized spacial score (nSPS) is 27.7. The third-order valence-electron chi connectivity index (χ3n) is 4.11. The van der Waals surface area contributed by atoms with Crippen LogP contribution in [0.2, 0.25) is 0 Å². The SMILES string of the molecule is CCC(C)[C@H](N)C(=O)N1CC(C(N)=O)CCC1C. The van der Waals surface area contributed by atoms with Gasteiger partial charge in [0.1, 0.15) is 0 Å². The van der Waals surface area contributed by atoms with Gasteiger partial charge in [0.05, 0.1) is 12.0 Å². The largest absolute Gasteiger partial charge is 0.369 e. The Hall–Kier alpha value is -1.10. The van der Waals surface area contributed by atoms with Crippen LogP contribution < -0.4 is 11.5 Å². The highest BCUT2D eigenvalue weighted by molar-refractivity contribution is 5.84. The number of hydrogen-bond donors (Lipinski definition) is 2. The van der Waals surface area contributed by atoms with Crippen LogP contribution in [0, 0.1) is 11.8 Å². The molecule has 4 N–H and O–H groups in total. The summed E-state index contributed by atoms with van der Waals surface area (Å²) >= 11 is 0. The van der Waals surface area contributed by atoms with Gasteiger partial charge in [-0.25, -0.2) is 0 Å². The fourth-order valence-electron chi connectivity index (χ4n) is 2.34. The quantitative estimate of drug-likeness (QED) is 0.765. The van der Waals surface area contributed by atoms with E-state index in [0.29, 0.717) is 6.54 Å². The molecule has 0 aromatic rings. The van der Waals surface area contributed by atoms with Crippen LogP contribution in [0.4, 0.5) is 0 Å². The summed E-state index contributed by atoms with van der Waals surface area (Å²) < 4.78 is 0. The molecule has 0 radical (unpaired) electrons. The number of likely N-dealkylation sites (tertiary alicyclic amines) is 1. The smallest absolute Gasteiger partial charge is 0.240 e. The molecule has 0 aliphatic carbocycles. The predicted octanol–water partition coefficient (Wildman–Crippen LogP) is 0.472. The molecule has 0 aromatic carbocycles. The maximum Gasteiger partial charge on any atom is 0.240 e. The van der Waals surface area contributed by atoms with Crippen LogP contribution in [0.15, 0.2) is 0 Å². The van der Waals surface area contributed by atoms with Gasteiger partial charge in [-0.05, 0) is 25.7 Å². The predicted molar refractivity (Wildman–Crippen MR) is 70.5 cm³/mol. The fraction of sp³-hybridized carbons (Fsp3) is 0.846. The molecule has 1 aliphatic heterocycles. The maximum atomic E-state index is 12.3. The molecule has 104 valence electrons. The lowest BCUT2D eigenvalue weighted by Crippen LogP contribution is -2.55. The standard InChI is InChI=1S/C13H25N3O2/c1-4-8(2)11(14)13(18)16-7-10(12(15)17)6-5-9(16)3/h8-11H,4-7,14H2,1-3H3,(H2,15,17)/t8?,9?,10?,11-/m0/s1. The lowest BCUT2D eigenvalue weighted by atomic mass is 9.90. The molecule has 1 rings (SSSR count). The van der Waals surface area contributed by atoms with Crippen LogP contribution in [-0.4, -0.2) is 35.3 Å². The number of carbonyl (C=O) groups is 2. The first-order valence-corrected chi connectivity index (χ1v) is 6.73. The van der Waals surface area contributed by atoms with Gasteiger partial charge in [0, 0.05) is 12.6 Å². The number of primary amides is 1. The zero-order chi connectivity index (χ0) is 13.9. The van der Waals surface area contributed by atoms with Gasteiger partial charge >= 0.3 is 0 Å². The number of rotatable bonds is 4. The van der Waals surface area contributed by atoms with Crippen molar-refractivity contribution in [1.82, 2.24) is 4.90 Å². The van der Waals surface area contributed by atoms with Gasteiger partial charge < -0.3 is 16.4 Å². The Morgan fingerprint density at radius 2 is 2.00 bits per heavy atom. The summed E-state index contributed by atoms with van der Waals surface area (Å²) in [5, 5.41) is 0. The molecular formula is C13H25N3O2. The third-order valence-corrected chi connectivity index (χ3v) is 4.11. The maximum absolute atomic E-state index is 12.3. The molecule has 1 saturated heterocycles. The molecule has 1 heterocycles. The van der Waals surface area contributed by atoms with Gasteiger partial charge in [0.25, 0.3) is 0 Å². The molecule has 0 spiro atoms. The minimum atomic E-state index is -0.482. The molecule has 0 saturated carbocycles. The van der Waals surface area contributed by atoms with Crippen molar-refractivity contribution in [2.45, 2.75) is 52.1 Å². The Balaban J connectivity index is 2.73. The monoisotopic (exact) mass is 255 g/mol. The summed E-state index contributed by atoms with van der Waals surface area (Å²) in [6, 6.07) is -0.340. The van der Waals surface area contributed by atoms with E-state index >= 15 is 0 Å². The molecule has 3 unspecified atom stereocenters. The van der Waals surface area contributed by atoms with Crippen LogP contribution in [0.3, 0.4) is 0 Å². The van der Waals surface area contributed by atoms with Gasteiger partial charge in [-0.3, -0.25) is 9.59 Å². The minimum absolute atomic E-state index is 0.0530. The number of carbonyl (C=O) groups excluding carboxylic acids is 2. The van der Waals surface area contributed by atoms with Crippen LogP contribution in [0.25, 0.3) is 0 Å². The molecule has 0 aromatic heterocycles. The second-order valence-corrected chi connectivity index (χ2v) is 5.43. The van der Waals surface area contributed by atoms with Crippen molar-refractivity contribution in [3.8, 4) is 0 Å². The molecule has 0 bridgehead atoms. The zero-order valence-corrected chi connectivity index (χ0v) is 11.6. The number of piperidine rings is 1. The van der Waals surface area contributed by atoms with Gasteiger partial charge in [-0.1, -0.05) is 20.3 Å². The summed E-state index contributed by atoms with van der Waals surface area (Å²) in [7, 11) is 0. The van der Waals surface area contributed by atoms with E-state index in [1.165, 1.54) is 0 Å². The summed E-state index contributed by atoms with van der Waals surface area (Å²) in [5.74, 6) is -0.451. The Bertz CT molecular complexity index is 319. The molecular weight excluding hydrogens is 230 g/mol. The third kappa shape index (κ3) is 3.22. The molecule has 2 amide bonds. The topological polar surface area (TPSA) is 89.4 Å². The second-order valence-electron chi connectivity index (χ2n) is 5.43. The van der Waals surface area contributed by atoms with Crippen LogP contribution >= 0.6 is 0 Å². The molecule has 18 heavy (non-hydrogen) atoms. The van der Waals surface area contributed by atoms with E-state index in [9.17, 15) is 9.59 Å². The first-order chi connectivity index (χ1) is 8.38. The van der Waals surface area contributed by atoms with Crippen molar-refractivity contribution in [2.24, 2.45) is 23.3 Å². The van der Waals surface area contributed by atoms with Gasteiger partial charge in [-0.2, -0.15) is 0 Å². The molecule has 1 fully saturated rings. The van der Waals surface area contributed by atoms with E-state index in [1.54, 1.807) is 4.90 Å². The van der Waals surface area contributed by atoms with E-state index in [-0.39, 0.29) is 29.7 Å². The highest BCUT2D eigenvalue weighted by Gasteiger charge is 2.34. The van der Waals surface area contributed by atoms with E-state index in [2.05, 4.69) is 0 Å². The highest BCUT2D eigenvalue weighted by atomic mass is 16.2. The fourth-order valence-corrected chi connectivity index (χ4v) is 2.34. The summed E-state index contributed by atoms with van der Waals surface area (Å²) in [6.07, 6.45) is 2.44. The van der Waals surface area contributed by atoms with E-state index in [1.807, 2.05) is 20.8 Å². The van der Waals surface area contributed by atoms with Gasteiger partial charge in [-0.15, -0.1) is 0 Å². The number of nitrogens with zero attached hydrogens (tertiary/aromatic N) is 1. The highest BCUT2D eigenvalue weighted by Crippen LogP contribution is 2.23. The van der Waals surface area contributed by atoms with Gasteiger partial charge in [0.15, 0.2) is 0 Å². The van der Waals surface area contributed by atoms with Crippen molar-refractivity contribution >= 4 is 11.8 Å². The number of nitrogens with two attached hydrogens (primary N) is 2. The van der Waals surface area contributed by atoms with E-state index in [0.717, 1.165) is 19.3 Å². The molecule has 4 atom stereocenters. The average Bonchev–Trinajstić information content (AvgIpc) is 2.36. The molecule has 5 nitrogen and oxygen atoms in total. The average molecular weight is 255 g/mol. The van der Waals surface area contributed by atoms with Crippen LogP contribution in [-0.2, 0) is 9.59 Å². The van der Waals surface area contributed by atoms with Crippen LogP contribution in [0.1, 0.15) is 40.0 Å². The lowest BCUT2D eigenvalue weighted by molar-refractivity contribution is -0.139. The Morgan fingerprint density at radius 1 is 1.39 bits per heavy atom. The van der Waals surface area contributed by atoms with E-state index in [4.69, 9.17) is 11.5 Å². The lowest BCUT2D eigenvalue weighted by Gasteiger charge is -2.39. The molecule has 5 heteroatoms. The summed E-state index contributed by atoms with van der Waals surface area (Å²) in [4.78, 5) is 25.3. The summed E-state index contributed by atoms with van der Waals surface area (Å²) in [5.41, 5.74) is 11.3. The minimum Gasteiger partial charge on any atom is -0.369 e. The number of hydrogen-bond acceptors (Lipinski definition) is 3. The first-order valence-electron chi connectivity index (χ1n) is 6.73. The Morgan fingerprint density at radius 3 is 2.50 bits per heavy atom. The van der Waals surface area contributed by atoms with Crippen LogP contribution in [0.5, 0.6) is 0 Å². The summed E-state index contributed by atoms with van der Waals surface area (Å²) in [6.45, 7) is 6.41. The van der Waals surface area contributed by atoms with Crippen molar-refractivity contribution in [3.05, 3.63) is 0 Å². The Kier molecular flexibility index (Phi) is 5.14. The second kappa shape index (κ2) is 6.18. The van der Waals surface area contributed by atoms with Crippen molar-refractivity contribution in [3.63, 3.8) is 0 Å².